The van der Waals surface area contributed by atoms with Crippen LogP contribution in [0.15, 0.2) is 52.7 Å². The van der Waals surface area contributed by atoms with Gasteiger partial charge in [0.05, 0.1) is 24.3 Å². The summed E-state index contributed by atoms with van der Waals surface area (Å²) in [5.74, 6) is 0.425. The Kier molecular flexibility index (Phi) is 7.87. The molecule has 196 valence electrons. The van der Waals surface area contributed by atoms with Crippen LogP contribution in [-0.4, -0.2) is 54.1 Å². The monoisotopic (exact) mass is 534 g/mol. The van der Waals surface area contributed by atoms with Crippen LogP contribution < -0.4 is 9.47 Å². The molecule has 2 saturated heterocycles. The number of ether oxygens (including phenoxy) is 2. The van der Waals surface area contributed by atoms with Gasteiger partial charge in [-0.2, -0.15) is 13.2 Å². The van der Waals surface area contributed by atoms with E-state index in [0.717, 1.165) is 12.5 Å². The predicted molar refractivity (Wildman–Crippen MR) is 135 cm³/mol. The fourth-order valence-corrected chi connectivity index (χ4v) is 5.11. The molecule has 1 amide bonds. The van der Waals surface area contributed by atoms with Gasteiger partial charge in [0.1, 0.15) is 16.9 Å². The molecule has 2 aliphatic heterocycles. The number of allylic oxidation sites excluding steroid dienone is 1. The molecule has 5 rings (SSSR count). The molecule has 1 saturated carbocycles. The maximum absolute atomic E-state index is 14.0. The van der Waals surface area contributed by atoms with Crippen molar-refractivity contribution < 1.29 is 27.4 Å². The fourth-order valence-electron chi connectivity index (χ4n) is 4.89. The van der Waals surface area contributed by atoms with E-state index in [1.54, 1.807) is 35.4 Å². The van der Waals surface area contributed by atoms with Gasteiger partial charge in [0.25, 0.3) is 5.91 Å². The second-order valence-corrected chi connectivity index (χ2v) is 9.25. The first-order valence-electron chi connectivity index (χ1n) is 11.7. The number of aliphatic imine (C=N–C) groups is 2. The lowest BCUT2D eigenvalue weighted by molar-refractivity contribution is -0.137. The largest absolute Gasteiger partial charge is 0.496 e. The minimum Gasteiger partial charge on any atom is -0.496 e. The van der Waals surface area contributed by atoms with Gasteiger partial charge in [-0.05, 0) is 51.0 Å². The number of amides is 1. The molecule has 1 aromatic heterocycles. The third-order valence-corrected chi connectivity index (χ3v) is 6.85. The molecule has 3 aliphatic rings. The van der Waals surface area contributed by atoms with E-state index in [4.69, 9.17) is 21.1 Å². The second kappa shape index (κ2) is 10.9. The lowest BCUT2D eigenvalue weighted by Crippen LogP contribution is -2.59. The second-order valence-electron chi connectivity index (χ2n) is 8.85. The third kappa shape index (κ3) is 5.49. The first-order chi connectivity index (χ1) is 17.7. The molecule has 1 aliphatic carbocycles. The molecule has 0 N–H and O–H groups in total. The zero-order chi connectivity index (χ0) is 26.7. The van der Waals surface area contributed by atoms with Crippen molar-refractivity contribution in [1.29, 1.82) is 0 Å². The molecule has 3 atom stereocenters. The topological polar surface area (TPSA) is 76.4 Å². The van der Waals surface area contributed by atoms with Crippen molar-refractivity contribution in [3.8, 4) is 11.6 Å². The van der Waals surface area contributed by atoms with Gasteiger partial charge in [-0.25, -0.2) is 15.0 Å². The normalized spacial score (nSPS) is 21.8. The molecule has 1 aromatic carbocycles. The Labute approximate surface area is 217 Å². The number of hydrogen-bond donors (Lipinski definition) is 0. The highest BCUT2D eigenvalue weighted by molar-refractivity contribution is 6.31. The molecule has 37 heavy (non-hydrogen) atoms. The first kappa shape index (κ1) is 26.7. The number of aromatic nitrogens is 1. The molecule has 3 fully saturated rings. The van der Waals surface area contributed by atoms with Gasteiger partial charge in [-0.1, -0.05) is 29.8 Å². The van der Waals surface area contributed by atoms with Crippen LogP contribution in [0.4, 0.5) is 13.2 Å². The van der Waals surface area contributed by atoms with Crippen molar-refractivity contribution in [2.45, 2.75) is 44.5 Å². The number of pyridine rings is 1. The number of nitrogens with zero attached hydrogens (tertiary/aromatic N) is 4. The van der Waals surface area contributed by atoms with Crippen LogP contribution in [0.3, 0.4) is 0 Å². The standard InChI is InChI=1S/C26H26ClF3N4O3/c1-4-10-32-23(31-2)17-6-5-7-20(36-3)22(17)25(35)34-14-15-8-9-19(34)21(11-15)37-24-18(27)12-16(13-33-24)26(28,29)30/h4-7,10,12-13,15,19,21H,2,8-9,11,14H2,1,3H3/b10-4-,32-23-. The summed E-state index contributed by atoms with van der Waals surface area (Å²) in [5.41, 5.74) is -0.178. The minimum absolute atomic E-state index is 0.0887. The number of methoxy groups -OCH3 is 1. The van der Waals surface area contributed by atoms with E-state index in [9.17, 15) is 18.0 Å². The number of benzene rings is 1. The molecule has 0 radical (unpaired) electrons. The number of hydrogen-bond acceptors (Lipinski definition) is 5. The van der Waals surface area contributed by atoms with Crippen molar-refractivity contribution in [1.82, 2.24) is 9.88 Å². The van der Waals surface area contributed by atoms with E-state index >= 15 is 0 Å². The van der Waals surface area contributed by atoms with Crippen molar-refractivity contribution in [2.75, 3.05) is 13.7 Å². The Balaban J connectivity index is 1.66. The maximum atomic E-state index is 14.0. The molecule has 3 unspecified atom stereocenters. The lowest BCUT2D eigenvalue weighted by atomic mass is 9.77. The molecular formula is C26H26ClF3N4O3. The molecule has 7 nitrogen and oxygen atoms in total. The Morgan fingerprint density at radius 1 is 1.32 bits per heavy atom. The number of alkyl halides is 3. The van der Waals surface area contributed by atoms with Crippen molar-refractivity contribution >= 4 is 30.1 Å². The SMILES string of the molecule is C=N/C(=N\C=C/C)c1cccc(OC)c1C(=O)N1CC2CCC1C(Oc1ncc(C(F)(F)F)cc1Cl)C2. The number of rotatable bonds is 6. The smallest absolute Gasteiger partial charge is 0.417 e. The van der Waals surface area contributed by atoms with Gasteiger partial charge in [0.2, 0.25) is 5.88 Å². The van der Waals surface area contributed by atoms with Gasteiger partial charge in [0, 0.05) is 24.5 Å². The average Bonchev–Trinajstić information content (AvgIpc) is 2.89. The summed E-state index contributed by atoms with van der Waals surface area (Å²) in [4.78, 5) is 27.8. The fraction of sp³-hybridized carbons (Fsp3) is 0.385. The van der Waals surface area contributed by atoms with Crippen LogP contribution in [0.25, 0.3) is 0 Å². The van der Waals surface area contributed by atoms with Gasteiger partial charge >= 0.3 is 6.18 Å². The van der Waals surface area contributed by atoms with Gasteiger partial charge < -0.3 is 14.4 Å². The Morgan fingerprint density at radius 3 is 2.73 bits per heavy atom. The quantitative estimate of drug-likeness (QED) is 0.346. The van der Waals surface area contributed by atoms with Crippen LogP contribution in [-0.2, 0) is 6.18 Å². The van der Waals surface area contributed by atoms with Crippen LogP contribution in [0.5, 0.6) is 11.6 Å². The predicted octanol–water partition coefficient (Wildman–Crippen LogP) is 5.82. The van der Waals surface area contributed by atoms with E-state index in [1.807, 2.05) is 6.92 Å². The zero-order valence-electron chi connectivity index (χ0n) is 20.3. The van der Waals surface area contributed by atoms with E-state index < -0.39 is 17.8 Å². The summed E-state index contributed by atoms with van der Waals surface area (Å²) in [6, 6.07) is 5.63. The van der Waals surface area contributed by atoms with E-state index in [1.165, 1.54) is 7.11 Å². The zero-order valence-corrected chi connectivity index (χ0v) is 21.1. The van der Waals surface area contributed by atoms with Crippen molar-refractivity contribution in [3.05, 3.63) is 64.5 Å². The minimum atomic E-state index is -4.57. The summed E-state index contributed by atoms with van der Waals surface area (Å²) in [7, 11) is 1.48. The third-order valence-electron chi connectivity index (χ3n) is 6.58. The molecule has 11 heteroatoms. The highest BCUT2D eigenvalue weighted by Crippen LogP contribution is 2.41. The van der Waals surface area contributed by atoms with Gasteiger partial charge in [-0.3, -0.25) is 4.79 Å². The first-order valence-corrected chi connectivity index (χ1v) is 12.1. The van der Waals surface area contributed by atoms with Crippen LogP contribution in [0, 0.1) is 5.92 Å². The number of piperidine rings is 2. The lowest BCUT2D eigenvalue weighted by Gasteiger charge is -2.49. The van der Waals surface area contributed by atoms with E-state index in [2.05, 4.69) is 21.7 Å². The molecule has 2 bridgehead atoms. The summed E-state index contributed by atoms with van der Waals surface area (Å²) in [6.07, 6.45) is 1.15. The van der Waals surface area contributed by atoms with Crippen LogP contribution >= 0.6 is 11.6 Å². The van der Waals surface area contributed by atoms with Gasteiger partial charge in [-0.15, -0.1) is 0 Å². The number of amidine groups is 1. The highest BCUT2D eigenvalue weighted by atomic mass is 35.5. The molecular weight excluding hydrogens is 509 g/mol. The summed E-state index contributed by atoms with van der Waals surface area (Å²) in [6.45, 7) is 5.92. The molecule has 3 heterocycles. The number of fused-ring (bicyclic) bond motifs is 3. The Bertz CT molecular complexity index is 1250. The van der Waals surface area contributed by atoms with Crippen molar-refractivity contribution in [3.63, 3.8) is 0 Å². The number of halogens is 4. The number of carbonyl (C=O) groups excluding carboxylic acids is 1. The molecule has 0 spiro atoms. The average molecular weight is 535 g/mol. The van der Waals surface area contributed by atoms with Crippen LogP contribution in [0.2, 0.25) is 5.02 Å². The molecule has 2 aromatic rings. The Morgan fingerprint density at radius 2 is 2.11 bits per heavy atom. The summed E-state index contributed by atoms with van der Waals surface area (Å²) in [5, 5.41) is -0.233. The Hall–Kier alpha value is -3.40. The van der Waals surface area contributed by atoms with E-state index in [0.29, 0.717) is 42.5 Å². The van der Waals surface area contributed by atoms with Gasteiger partial charge in [0.15, 0.2) is 5.84 Å². The summed E-state index contributed by atoms with van der Waals surface area (Å²) < 4.78 is 50.6. The highest BCUT2D eigenvalue weighted by Gasteiger charge is 2.45. The van der Waals surface area contributed by atoms with Crippen molar-refractivity contribution in [2.24, 2.45) is 15.9 Å². The summed E-state index contributed by atoms with van der Waals surface area (Å²) >= 11 is 6.08. The van der Waals surface area contributed by atoms with E-state index in [-0.39, 0.29) is 34.6 Å². The number of carbonyl (C=O) groups is 1. The maximum Gasteiger partial charge on any atom is 0.417 e. The van der Waals surface area contributed by atoms with Crippen LogP contribution in [0.1, 0.15) is 47.7 Å².